The molecule has 3 rings (SSSR count). The van der Waals surface area contributed by atoms with E-state index in [1.807, 2.05) is 0 Å². The molecule has 0 fully saturated rings. The van der Waals surface area contributed by atoms with Crippen LogP contribution in [0.2, 0.25) is 0 Å². The smallest absolute Gasteiger partial charge is 0.546 e. The molecule has 0 aliphatic heterocycles. The number of urea groups is 1. The van der Waals surface area contributed by atoms with Gasteiger partial charge in [0.15, 0.2) is 0 Å². The van der Waals surface area contributed by atoms with Crippen molar-refractivity contribution in [3.05, 3.63) is 90.0 Å². The van der Waals surface area contributed by atoms with E-state index in [0.717, 1.165) is 12.1 Å². The third-order valence-electron chi connectivity index (χ3n) is 4.82. The van der Waals surface area contributed by atoms with Crippen molar-refractivity contribution >= 4 is 17.7 Å². The van der Waals surface area contributed by atoms with Gasteiger partial charge in [-0.15, -0.1) is 0 Å². The molecular formula is C25H23F2N2NaO5. The van der Waals surface area contributed by atoms with E-state index in [4.69, 9.17) is 9.47 Å². The van der Waals surface area contributed by atoms with Gasteiger partial charge >= 0.3 is 35.6 Å². The number of carboxylic acid groups (broad SMARTS) is 1. The molecule has 0 saturated heterocycles. The Kier molecular flexibility index (Phi) is 10.5. The topological polar surface area (TPSA) is 99.7 Å². The van der Waals surface area contributed by atoms with E-state index < -0.39 is 29.2 Å². The molecule has 1 unspecified atom stereocenters. The summed E-state index contributed by atoms with van der Waals surface area (Å²) < 4.78 is 37.7. The predicted octanol–water partition coefficient (Wildman–Crippen LogP) is 0.299. The van der Waals surface area contributed by atoms with Crippen molar-refractivity contribution in [1.29, 1.82) is 0 Å². The minimum absolute atomic E-state index is 0. The van der Waals surface area contributed by atoms with E-state index in [1.165, 1.54) is 6.92 Å². The maximum Gasteiger partial charge on any atom is 1.00 e. The number of carboxylic acids is 1. The largest absolute Gasteiger partial charge is 1.00 e. The molecule has 3 aromatic rings. The van der Waals surface area contributed by atoms with Gasteiger partial charge in [-0.25, -0.2) is 13.6 Å². The van der Waals surface area contributed by atoms with Crippen LogP contribution in [-0.2, 0) is 11.2 Å². The third kappa shape index (κ3) is 8.54. The second-order valence-electron chi connectivity index (χ2n) is 7.61. The molecule has 7 nitrogen and oxygen atoms in total. The number of para-hydroxylation sites is 1. The van der Waals surface area contributed by atoms with Crippen molar-refractivity contribution in [1.82, 2.24) is 5.32 Å². The summed E-state index contributed by atoms with van der Waals surface area (Å²) in [6, 6.07) is 17.6. The average molecular weight is 492 g/mol. The van der Waals surface area contributed by atoms with Crippen LogP contribution < -0.4 is 54.8 Å². The van der Waals surface area contributed by atoms with Crippen molar-refractivity contribution in [2.45, 2.75) is 18.9 Å². The Labute approximate surface area is 223 Å². The number of ether oxygens (including phenoxy) is 2. The quantitative estimate of drug-likeness (QED) is 0.313. The summed E-state index contributed by atoms with van der Waals surface area (Å²) >= 11 is 0. The molecule has 0 spiro atoms. The normalized spacial score (nSPS) is 12.0. The van der Waals surface area contributed by atoms with Crippen LogP contribution >= 0.6 is 0 Å². The van der Waals surface area contributed by atoms with E-state index in [0.29, 0.717) is 23.1 Å². The number of halogens is 2. The Bertz CT molecular complexity index is 1130. The van der Waals surface area contributed by atoms with Gasteiger partial charge in [0.05, 0.1) is 18.2 Å². The second-order valence-corrected chi connectivity index (χ2v) is 7.61. The van der Waals surface area contributed by atoms with Crippen LogP contribution in [0, 0.1) is 11.6 Å². The van der Waals surface area contributed by atoms with E-state index in [-0.39, 0.29) is 54.8 Å². The number of aliphatic carboxylic acids is 1. The van der Waals surface area contributed by atoms with E-state index in [9.17, 15) is 23.5 Å². The standard InChI is InChI=1S/C25H24F2N2O5.Na/c1-25(23(30)31,34-20-5-3-2-4-6-20)16-17-7-10-19(11-8-17)33-14-13-28-24(32)29-22-12-9-18(26)15-21(22)27;/h2-12,15H,13-14,16H2,1H3,(H,30,31)(H2,28,29,32);/q;+1/p-1. The van der Waals surface area contributed by atoms with Crippen molar-refractivity contribution in [3.63, 3.8) is 0 Å². The summed E-state index contributed by atoms with van der Waals surface area (Å²) in [5.41, 5.74) is -1.01. The minimum atomic E-state index is -1.56. The number of carbonyl (C=O) groups excluding carboxylic acids is 2. The maximum atomic E-state index is 13.6. The van der Waals surface area contributed by atoms with Gasteiger partial charge in [-0.05, 0) is 48.9 Å². The van der Waals surface area contributed by atoms with Crippen molar-refractivity contribution in [2.24, 2.45) is 0 Å². The van der Waals surface area contributed by atoms with Gasteiger partial charge in [-0.2, -0.15) is 0 Å². The van der Waals surface area contributed by atoms with Crippen LogP contribution in [0.1, 0.15) is 12.5 Å². The van der Waals surface area contributed by atoms with Crippen molar-refractivity contribution < 1.29 is 62.5 Å². The van der Waals surface area contributed by atoms with E-state index >= 15 is 0 Å². The van der Waals surface area contributed by atoms with Crippen LogP contribution in [0.3, 0.4) is 0 Å². The van der Waals surface area contributed by atoms with Gasteiger partial charge in [0.1, 0.15) is 35.3 Å². The van der Waals surface area contributed by atoms with Gasteiger partial charge in [0.2, 0.25) is 0 Å². The fourth-order valence-electron chi connectivity index (χ4n) is 3.08. The molecule has 10 heteroatoms. The molecule has 0 heterocycles. The number of nitrogens with one attached hydrogen (secondary N) is 2. The molecule has 0 radical (unpaired) electrons. The molecule has 2 amide bonds. The molecule has 178 valence electrons. The molecule has 0 aliphatic rings. The fraction of sp³-hybridized carbons (Fsp3) is 0.200. The first kappa shape index (κ1) is 28.1. The molecule has 0 aliphatic carbocycles. The average Bonchev–Trinajstić information content (AvgIpc) is 2.80. The Balaban J connectivity index is 0.00000432. The van der Waals surface area contributed by atoms with Crippen LogP contribution in [-0.4, -0.2) is 30.8 Å². The molecule has 2 N–H and O–H groups in total. The number of benzene rings is 3. The molecule has 0 bridgehead atoms. The second kappa shape index (κ2) is 13.1. The SMILES string of the molecule is CC(Cc1ccc(OCCNC(=O)Nc2ccc(F)cc2F)cc1)(Oc1ccccc1)C(=O)[O-].[Na+]. The fourth-order valence-corrected chi connectivity index (χ4v) is 3.08. The zero-order valence-electron chi connectivity index (χ0n) is 19.3. The van der Waals surface area contributed by atoms with Crippen LogP contribution in [0.25, 0.3) is 0 Å². The molecule has 1 atom stereocenters. The zero-order chi connectivity index (χ0) is 24.6. The molecule has 0 saturated carbocycles. The third-order valence-corrected chi connectivity index (χ3v) is 4.82. The Morgan fingerprint density at radius 3 is 2.29 bits per heavy atom. The minimum Gasteiger partial charge on any atom is -0.546 e. The number of anilines is 1. The maximum absolute atomic E-state index is 13.6. The number of hydrogen-bond acceptors (Lipinski definition) is 5. The first-order chi connectivity index (χ1) is 16.2. The molecule has 35 heavy (non-hydrogen) atoms. The first-order valence-electron chi connectivity index (χ1n) is 10.4. The van der Waals surface area contributed by atoms with Crippen molar-refractivity contribution in [3.8, 4) is 11.5 Å². The monoisotopic (exact) mass is 492 g/mol. The summed E-state index contributed by atoms with van der Waals surface area (Å²) in [4.78, 5) is 23.6. The number of hydrogen-bond donors (Lipinski definition) is 2. The summed E-state index contributed by atoms with van der Waals surface area (Å²) in [5, 5.41) is 16.5. The Morgan fingerprint density at radius 2 is 1.66 bits per heavy atom. The summed E-state index contributed by atoms with van der Waals surface area (Å²) in [6.45, 7) is 1.71. The summed E-state index contributed by atoms with van der Waals surface area (Å²) in [5.74, 6) is -2.02. The van der Waals surface area contributed by atoms with E-state index in [1.54, 1.807) is 54.6 Å². The number of rotatable bonds is 10. The first-order valence-corrected chi connectivity index (χ1v) is 10.4. The van der Waals surface area contributed by atoms with E-state index in [2.05, 4.69) is 10.6 Å². The van der Waals surface area contributed by atoms with Crippen LogP contribution in [0.5, 0.6) is 11.5 Å². The van der Waals surface area contributed by atoms with Gasteiger partial charge in [-0.3, -0.25) is 0 Å². The van der Waals surface area contributed by atoms with Gasteiger partial charge in [0.25, 0.3) is 0 Å². The van der Waals surface area contributed by atoms with Gasteiger partial charge in [-0.1, -0.05) is 30.3 Å². The summed E-state index contributed by atoms with van der Waals surface area (Å²) in [6.07, 6.45) is 0.0756. The zero-order valence-corrected chi connectivity index (χ0v) is 21.3. The van der Waals surface area contributed by atoms with Crippen molar-refractivity contribution in [2.75, 3.05) is 18.5 Å². The summed E-state index contributed by atoms with van der Waals surface area (Å²) in [7, 11) is 0. The van der Waals surface area contributed by atoms with Crippen LogP contribution in [0.4, 0.5) is 19.3 Å². The number of amides is 2. The molecule has 0 aromatic heterocycles. The van der Waals surface area contributed by atoms with Gasteiger partial charge < -0.3 is 30.0 Å². The van der Waals surface area contributed by atoms with Gasteiger partial charge in [0, 0.05) is 12.5 Å². The van der Waals surface area contributed by atoms with Crippen LogP contribution in [0.15, 0.2) is 72.8 Å². The Hall–Kier alpha value is -3.14. The number of carbonyl (C=O) groups is 2. The predicted molar refractivity (Wildman–Crippen MR) is 120 cm³/mol. The Morgan fingerprint density at radius 1 is 0.971 bits per heavy atom. The molecule has 3 aromatic carbocycles. The molecular weight excluding hydrogens is 469 g/mol.